The summed E-state index contributed by atoms with van der Waals surface area (Å²) in [4.78, 5) is 18.3. The van der Waals surface area contributed by atoms with Crippen LogP contribution in [-0.4, -0.2) is 23.0 Å². The second-order valence-corrected chi connectivity index (χ2v) is 10.8. The van der Waals surface area contributed by atoms with E-state index in [9.17, 15) is 4.57 Å². The van der Waals surface area contributed by atoms with Crippen molar-refractivity contribution in [2.45, 2.75) is 38.5 Å². The summed E-state index contributed by atoms with van der Waals surface area (Å²) in [5.74, 6) is 0.944. The minimum atomic E-state index is -4.58. The normalized spacial score (nSPS) is 14.0. The molecule has 4 aromatic rings. The molecule has 3 unspecified atom stereocenters. The van der Waals surface area contributed by atoms with E-state index in [-0.39, 0.29) is 31.0 Å². The quantitative estimate of drug-likeness (QED) is 0.154. The highest BCUT2D eigenvalue weighted by Gasteiger charge is 2.25. The first kappa shape index (κ1) is 27.8. The monoisotopic (exact) mass is 530 g/mol. The van der Waals surface area contributed by atoms with Crippen LogP contribution in [0.2, 0.25) is 0 Å². The number of ether oxygens (including phenoxy) is 1. The van der Waals surface area contributed by atoms with Gasteiger partial charge in [-0.2, -0.15) is 0 Å². The van der Waals surface area contributed by atoms with E-state index in [1.54, 1.807) is 0 Å². The molecule has 0 saturated heterocycles. The Morgan fingerprint density at radius 2 is 1.00 bits per heavy atom. The first-order chi connectivity index (χ1) is 18.2. The first-order valence-corrected chi connectivity index (χ1v) is 14.4. The molecule has 0 radical (unpaired) electrons. The SMILES string of the molecule is CC(c1ccccc1)c1cc(C(C)c2ccccc2)c(OCCOP(=O)(O)O)c(C(C)c2ccccc2)c1. The molecular formula is C32H35O5P. The van der Waals surface area contributed by atoms with Crippen LogP contribution >= 0.6 is 7.82 Å². The number of benzene rings is 4. The molecule has 0 aliphatic heterocycles. The zero-order valence-corrected chi connectivity index (χ0v) is 22.9. The highest BCUT2D eigenvalue weighted by molar-refractivity contribution is 7.46. The largest absolute Gasteiger partial charge is 0.491 e. The highest BCUT2D eigenvalue weighted by Crippen LogP contribution is 2.43. The van der Waals surface area contributed by atoms with E-state index in [0.717, 1.165) is 28.0 Å². The third-order valence-corrected chi connectivity index (χ3v) is 7.61. The Balaban J connectivity index is 1.85. The van der Waals surface area contributed by atoms with Gasteiger partial charge in [0.25, 0.3) is 0 Å². The zero-order valence-electron chi connectivity index (χ0n) is 22.0. The molecule has 4 aromatic carbocycles. The molecule has 0 amide bonds. The Morgan fingerprint density at radius 1 is 0.605 bits per heavy atom. The van der Waals surface area contributed by atoms with Crippen molar-refractivity contribution in [3.63, 3.8) is 0 Å². The minimum absolute atomic E-state index is 0.0156. The summed E-state index contributed by atoms with van der Waals surface area (Å²) in [6, 6.07) is 35.5. The first-order valence-electron chi connectivity index (χ1n) is 12.9. The average Bonchev–Trinajstić information content (AvgIpc) is 2.94. The molecule has 0 fully saturated rings. The van der Waals surface area contributed by atoms with E-state index in [0.29, 0.717) is 0 Å². The molecule has 0 aliphatic rings. The second kappa shape index (κ2) is 12.6. The van der Waals surface area contributed by atoms with Crippen molar-refractivity contribution in [3.8, 4) is 5.75 Å². The maximum absolute atomic E-state index is 11.2. The molecule has 38 heavy (non-hydrogen) atoms. The van der Waals surface area contributed by atoms with Crippen molar-refractivity contribution in [1.82, 2.24) is 0 Å². The van der Waals surface area contributed by atoms with E-state index in [1.807, 2.05) is 42.5 Å². The van der Waals surface area contributed by atoms with Gasteiger partial charge in [-0.3, -0.25) is 4.52 Å². The zero-order chi connectivity index (χ0) is 27.1. The molecule has 0 aromatic heterocycles. The van der Waals surface area contributed by atoms with E-state index >= 15 is 0 Å². The van der Waals surface area contributed by atoms with Crippen LogP contribution in [0.3, 0.4) is 0 Å². The molecular weight excluding hydrogens is 495 g/mol. The predicted molar refractivity (Wildman–Crippen MR) is 152 cm³/mol. The summed E-state index contributed by atoms with van der Waals surface area (Å²) in [7, 11) is -4.58. The fourth-order valence-corrected chi connectivity index (χ4v) is 5.15. The van der Waals surface area contributed by atoms with E-state index < -0.39 is 7.82 Å². The molecule has 2 N–H and O–H groups in total. The van der Waals surface area contributed by atoms with Crippen LogP contribution < -0.4 is 4.74 Å². The number of hydrogen-bond acceptors (Lipinski definition) is 3. The van der Waals surface area contributed by atoms with Gasteiger partial charge in [0, 0.05) is 28.9 Å². The van der Waals surface area contributed by atoms with Crippen LogP contribution in [0.5, 0.6) is 5.75 Å². The van der Waals surface area contributed by atoms with Crippen molar-refractivity contribution in [1.29, 1.82) is 0 Å². The van der Waals surface area contributed by atoms with Gasteiger partial charge in [0.2, 0.25) is 0 Å². The number of phosphoric ester groups is 1. The fourth-order valence-electron chi connectivity index (χ4n) is 4.84. The molecule has 4 rings (SSSR count). The fraction of sp³-hybridized carbons (Fsp3) is 0.250. The van der Waals surface area contributed by atoms with Gasteiger partial charge in [-0.05, 0) is 22.3 Å². The Bertz CT molecular complexity index is 1290. The molecule has 5 nitrogen and oxygen atoms in total. The van der Waals surface area contributed by atoms with Gasteiger partial charge in [-0.25, -0.2) is 4.57 Å². The minimum Gasteiger partial charge on any atom is -0.491 e. The summed E-state index contributed by atoms with van der Waals surface area (Å²) in [6.45, 7) is 6.34. The van der Waals surface area contributed by atoms with Gasteiger partial charge in [0.15, 0.2) is 0 Å². The lowest BCUT2D eigenvalue weighted by molar-refractivity contribution is 0.159. The van der Waals surface area contributed by atoms with Crippen LogP contribution in [0.1, 0.15) is 71.9 Å². The maximum Gasteiger partial charge on any atom is 0.469 e. The van der Waals surface area contributed by atoms with Gasteiger partial charge in [0.1, 0.15) is 12.4 Å². The highest BCUT2D eigenvalue weighted by atomic mass is 31.2. The Morgan fingerprint density at radius 3 is 1.39 bits per heavy atom. The lowest BCUT2D eigenvalue weighted by Gasteiger charge is -2.26. The number of phosphoric acid groups is 1. The molecule has 6 heteroatoms. The van der Waals surface area contributed by atoms with Gasteiger partial charge in [-0.15, -0.1) is 0 Å². The van der Waals surface area contributed by atoms with Gasteiger partial charge in [0.05, 0.1) is 6.61 Å². The maximum atomic E-state index is 11.2. The molecule has 0 aliphatic carbocycles. The van der Waals surface area contributed by atoms with E-state index in [1.165, 1.54) is 11.1 Å². The van der Waals surface area contributed by atoms with Crippen molar-refractivity contribution in [2.75, 3.05) is 13.2 Å². The molecule has 3 atom stereocenters. The van der Waals surface area contributed by atoms with Crippen molar-refractivity contribution >= 4 is 7.82 Å². The van der Waals surface area contributed by atoms with Gasteiger partial charge >= 0.3 is 7.82 Å². The number of hydrogen-bond donors (Lipinski definition) is 2. The third-order valence-electron chi connectivity index (χ3n) is 7.09. The lowest BCUT2D eigenvalue weighted by Crippen LogP contribution is -2.13. The van der Waals surface area contributed by atoms with Crippen LogP contribution in [0.15, 0.2) is 103 Å². The predicted octanol–water partition coefficient (Wildman–Crippen LogP) is 7.63. The summed E-state index contributed by atoms with van der Waals surface area (Å²) in [5.41, 5.74) is 6.80. The van der Waals surface area contributed by atoms with Crippen LogP contribution in [0.4, 0.5) is 0 Å². The summed E-state index contributed by atoms with van der Waals surface area (Å²) < 4.78 is 22.2. The third kappa shape index (κ3) is 7.00. The molecule has 0 spiro atoms. The van der Waals surface area contributed by atoms with Crippen LogP contribution in [-0.2, 0) is 9.09 Å². The van der Waals surface area contributed by atoms with E-state index in [2.05, 4.69) is 86.0 Å². The summed E-state index contributed by atoms with van der Waals surface area (Å²) in [6.07, 6.45) is 0. The second-order valence-electron chi connectivity index (χ2n) is 9.60. The van der Waals surface area contributed by atoms with Crippen LogP contribution in [0, 0.1) is 0 Å². The molecule has 0 saturated carbocycles. The van der Waals surface area contributed by atoms with E-state index in [4.69, 9.17) is 14.5 Å². The molecule has 0 bridgehead atoms. The molecule has 198 valence electrons. The van der Waals surface area contributed by atoms with Crippen molar-refractivity contribution in [3.05, 3.63) is 137 Å². The molecule has 0 heterocycles. The standard InChI is InChI=1S/C32H35O5P/c1-23(26-13-7-4-8-14-26)29-21-30(24(2)27-15-9-5-10-16-27)32(36-19-20-37-38(33,34)35)31(22-29)25(3)28-17-11-6-12-18-28/h4-18,21-25H,19-20H2,1-3H3,(H2,33,34,35). The summed E-state index contributed by atoms with van der Waals surface area (Å²) >= 11 is 0. The van der Waals surface area contributed by atoms with Gasteiger partial charge in [-0.1, -0.05) is 124 Å². The smallest absolute Gasteiger partial charge is 0.469 e. The van der Waals surface area contributed by atoms with Gasteiger partial charge < -0.3 is 14.5 Å². The van der Waals surface area contributed by atoms with Crippen molar-refractivity contribution < 1.29 is 23.6 Å². The lowest BCUT2D eigenvalue weighted by atomic mass is 9.81. The summed E-state index contributed by atoms with van der Waals surface area (Å²) in [5, 5.41) is 0. The Labute approximate surface area is 225 Å². The van der Waals surface area contributed by atoms with Crippen LogP contribution in [0.25, 0.3) is 0 Å². The average molecular weight is 531 g/mol. The number of rotatable bonds is 11. The van der Waals surface area contributed by atoms with Crippen molar-refractivity contribution in [2.24, 2.45) is 0 Å². The Kier molecular flexibility index (Phi) is 9.19. The Hall–Kier alpha value is -3.21. The topological polar surface area (TPSA) is 76.0 Å².